The largest absolute Gasteiger partial charge is 0.497 e. The predicted molar refractivity (Wildman–Crippen MR) is 111 cm³/mol. The van der Waals surface area contributed by atoms with Crippen LogP contribution in [-0.2, 0) is 16.6 Å². The molecule has 1 amide bonds. The summed E-state index contributed by atoms with van der Waals surface area (Å²) < 4.78 is 43.2. The molecule has 2 N–H and O–H groups in total. The van der Waals surface area contributed by atoms with E-state index in [-0.39, 0.29) is 17.0 Å². The van der Waals surface area contributed by atoms with Crippen LogP contribution in [0, 0.1) is 6.92 Å². The Hall–Kier alpha value is -3.30. The first-order chi connectivity index (χ1) is 14.3. The van der Waals surface area contributed by atoms with Crippen molar-refractivity contribution in [3.05, 3.63) is 71.7 Å². The highest BCUT2D eigenvalue weighted by atomic mass is 32.2. The Morgan fingerprint density at radius 3 is 2.33 bits per heavy atom. The number of carbonyl (C=O) groups is 1. The molecule has 2 aromatic carbocycles. The summed E-state index contributed by atoms with van der Waals surface area (Å²) in [6.45, 7) is 1.74. The van der Waals surface area contributed by atoms with Crippen molar-refractivity contribution in [1.29, 1.82) is 0 Å². The molecule has 0 bridgehead atoms. The summed E-state index contributed by atoms with van der Waals surface area (Å²) in [7, 11) is -0.816. The smallest absolute Gasteiger partial charge is 0.255 e. The van der Waals surface area contributed by atoms with Gasteiger partial charge < -0.3 is 19.2 Å². The second-order valence-electron chi connectivity index (χ2n) is 6.44. The normalized spacial score (nSPS) is 11.2. The molecule has 3 aromatic rings. The fraction of sp³-hybridized carbons (Fsp3) is 0.190. The Labute approximate surface area is 174 Å². The average Bonchev–Trinajstić information content (AvgIpc) is 3.26. The third-order valence-corrected chi connectivity index (χ3v) is 5.79. The van der Waals surface area contributed by atoms with Gasteiger partial charge in [-0.25, -0.2) is 13.1 Å². The van der Waals surface area contributed by atoms with Gasteiger partial charge in [-0.05, 0) is 36.8 Å². The van der Waals surface area contributed by atoms with E-state index in [9.17, 15) is 13.2 Å². The van der Waals surface area contributed by atoms with E-state index < -0.39 is 15.9 Å². The molecule has 3 rings (SSSR count). The molecule has 0 spiro atoms. The Balaban J connectivity index is 1.83. The van der Waals surface area contributed by atoms with Crippen molar-refractivity contribution in [2.75, 3.05) is 19.5 Å². The van der Waals surface area contributed by atoms with E-state index in [0.29, 0.717) is 28.5 Å². The molecule has 0 fully saturated rings. The van der Waals surface area contributed by atoms with Crippen LogP contribution in [0.4, 0.5) is 5.69 Å². The van der Waals surface area contributed by atoms with Crippen molar-refractivity contribution >= 4 is 21.6 Å². The van der Waals surface area contributed by atoms with Gasteiger partial charge in [-0.15, -0.1) is 0 Å². The minimum atomic E-state index is -3.83. The lowest BCUT2D eigenvalue weighted by Crippen LogP contribution is -2.24. The highest BCUT2D eigenvalue weighted by Crippen LogP contribution is 2.26. The molecule has 0 atom stereocenters. The van der Waals surface area contributed by atoms with Crippen LogP contribution < -0.4 is 19.5 Å². The Morgan fingerprint density at radius 1 is 1.03 bits per heavy atom. The van der Waals surface area contributed by atoms with Crippen molar-refractivity contribution in [3.8, 4) is 11.5 Å². The third-order valence-electron chi connectivity index (χ3n) is 4.39. The van der Waals surface area contributed by atoms with E-state index in [4.69, 9.17) is 13.9 Å². The molecular formula is C21H22N2O6S. The second kappa shape index (κ2) is 9.02. The van der Waals surface area contributed by atoms with Crippen molar-refractivity contribution in [1.82, 2.24) is 4.72 Å². The molecular weight excluding hydrogens is 408 g/mol. The zero-order chi connectivity index (χ0) is 21.7. The van der Waals surface area contributed by atoms with Gasteiger partial charge >= 0.3 is 0 Å². The van der Waals surface area contributed by atoms with Crippen molar-refractivity contribution < 1.29 is 27.1 Å². The Morgan fingerprint density at radius 2 is 1.73 bits per heavy atom. The number of benzene rings is 2. The van der Waals surface area contributed by atoms with E-state index >= 15 is 0 Å². The highest BCUT2D eigenvalue weighted by Gasteiger charge is 2.19. The Bertz CT molecular complexity index is 1120. The summed E-state index contributed by atoms with van der Waals surface area (Å²) in [5, 5.41) is 2.75. The molecule has 1 heterocycles. The van der Waals surface area contributed by atoms with Crippen LogP contribution in [0.5, 0.6) is 11.5 Å². The molecule has 0 saturated carbocycles. The van der Waals surface area contributed by atoms with Gasteiger partial charge in [0.05, 0.1) is 31.9 Å². The second-order valence-corrected chi connectivity index (χ2v) is 8.20. The minimum Gasteiger partial charge on any atom is -0.497 e. The monoisotopic (exact) mass is 430 g/mol. The first-order valence-corrected chi connectivity index (χ1v) is 10.5. The molecule has 0 aliphatic heterocycles. The number of ether oxygens (including phenoxy) is 2. The standard InChI is InChI=1S/C21H22N2O6S/c1-14-6-7-19(30(25,26)22-13-16-5-4-8-29-16)12-20(14)21(24)23-15-9-17(27-2)11-18(10-15)28-3/h4-12,22H,13H2,1-3H3,(H,23,24). The van der Waals surface area contributed by atoms with Crippen molar-refractivity contribution in [2.24, 2.45) is 0 Å². The zero-order valence-corrected chi connectivity index (χ0v) is 17.6. The molecule has 0 aliphatic carbocycles. The maximum atomic E-state index is 12.8. The summed E-state index contributed by atoms with van der Waals surface area (Å²) in [6.07, 6.45) is 1.46. The third kappa shape index (κ3) is 5.00. The quantitative estimate of drug-likeness (QED) is 0.568. The van der Waals surface area contributed by atoms with Crippen LogP contribution in [0.2, 0.25) is 0 Å². The number of carbonyl (C=O) groups excluding carboxylic acids is 1. The van der Waals surface area contributed by atoms with Gasteiger partial charge in [0, 0.05) is 29.4 Å². The molecule has 0 aliphatic rings. The average molecular weight is 430 g/mol. The van der Waals surface area contributed by atoms with Gasteiger partial charge in [-0.1, -0.05) is 6.07 Å². The number of sulfonamides is 1. The number of rotatable bonds is 8. The van der Waals surface area contributed by atoms with Gasteiger partial charge in [0.2, 0.25) is 10.0 Å². The summed E-state index contributed by atoms with van der Waals surface area (Å²) in [5.74, 6) is 1.06. The van der Waals surface area contributed by atoms with E-state index in [1.165, 1.54) is 32.6 Å². The number of anilines is 1. The number of amides is 1. The van der Waals surface area contributed by atoms with E-state index in [1.807, 2.05) is 0 Å². The summed E-state index contributed by atoms with van der Waals surface area (Å²) in [6, 6.07) is 12.7. The molecule has 158 valence electrons. The fourth-order valence-corrected chi connectivity index (χ4v) is 3.77. The molecule has 8 nitrogen and oxygen atoms in total. The van der Waals surface area contributed by atoms with Crippen LogP contribution in [0.15, 0.2) is 64.1 Å². The van der Waals surface area contributed by atoms with Crippen molar-refractivity contribution in [3.63, 3.8) is 0 Å². The number of methoxy groups -OCH3 is 2. The van der Waals surface area contributed by atoms with Crippen LogP contribution in [-0.4, -0.2) is 28.5 Å². The lowest BCUT2D eigenvalue weighted by molar-refractivity contribution is 0.102. The van der Waals surface area contributed by atoms with E-state index in [1.54, 1.807) is 43.3 Å². The topological polar surface area (TPSA) is 107 Å². The maximum absolute atomic E-state index is 12.8. The summed E-state index contributed by atoms with van der Waals surface area (Å²) in [4.78, 5) is 12.8. The molecule has 1 aromatic heterocycles. The lowest BCUT2D eigenvalue weighted by atomic mass is 10.1. The summed E-state index contributed by atoms with van der Waals surface area (Å²) in [5.41, 5.74) is 1.32. The first kappa shape index (κ1) is 21.4. The van der Waals surface area contributed by atoms with Crippen LogP contribution in [0.3, 0.4) is 0 Å². The molecule has 0 radical (unpaired) electrons. The zero-order valence-electron chi connectivity index (χ0n) is 16.8. The van der Waals surface area contributed by atoms with Crippen LogP contribution >= 0.6 is 0 Å². The first-order valence-electron chi connectivity index (χ1n) is 8.99. The fourth-order valence-electron chi connectivity index (χ4n) is 2.75. The van der Waals surface area contributed by atoms with Crippen LogP contribution in [0.1, 0.15) is 21.7 Å². The Kier molecular flexibility index (Phi) is 6.43. The molecule has 0 unspecified atom stereocenters. The maximum Gasteiger partial charge on any atom is 0.255 e. The van der Waals surface area contributed by atoms with Gasteiger partial charge in [-0.2, -0.15) is 0 Å². The molecule has 30 heavy (non-hydrogen) atoms. The molecule has 9 heteroatoms. The number of aryl methyl sites for hydroxylation is 1. The number of hydrogen-bond acceptors (Lipinski definition) is 6. The number of furan rings is 1. The highest BCUT2D eigenvalue weighted by molar-refractivity contribution is 7.89. The van der Waals surface area contributed by atoms with Crippen LogP contribution in [0.25, 0.3) is 0 Å². The van der Waals surface area contributed by atoms with E-state index in [0.717, 1.165) is 0 Å². The van der Waals surface area contributed by atoms with E-state index in [2.05, 4.69) is 10.0 Å². The number of nitrogens with one attached hydrogen (secondary N) is 2. The predicted octanol–water partition coefficient (Wildman–Crippen LogP) is 3.34. The van der Waals surface area contributed by atoms with Gasteiger partial charge in [0.1, 0.15) is 17.3 Å². The van der Waals surface area contributed by atoms with Gasteiger partial charge in [0.15, 0.2) is 0 Å². The summed E-state index contributed by atoms with van der Waals surface area (Å²) >= 11 is 0. The minimum absolute atomic E-state index is 0.00828. The van der Waals surface area contributed by atoms with Gasteiger partial charge in [0.25, 0.3) is 5.91 Å². The molecule has 0 saturated heterocycles. The SMILES string of the molecule is COc1cc(NC(=O)c2cc(S(=O)(=O)NCc3ccco3)ccc2C)cc(OC)c1. The van der Waals surface area contributed by atoms with Crippen molar-refractivity contribution in [2.45, 2.75) is 18.4 Å². The van der Waals surface area contributed by atoms with Gasteiger partial charge in [-0.3, -0.25) is 4.79 Å². The lowest BCUT2D eigenvalue weighted by Gasteiger charge is -2.12. The number of hydrogen-bond donors (Lipinski definition) is 2.